The highest BCUT2D eigenvalue weighted by molar-refractivity contribution is 6.42. The van der Waals surface area contributed by atoms with Crippen molar-refractivity contribution in [3.8, 4) is 0 Å². The summed E-state index contributed by atoms with van der Waals surface area (Å²) in [4.78, 5) is 32.7. The van der Waals surface area contributed by atoms with Gasteiger partial charge in [-0.3, -0.25) is 14.5 Å². The van der Waals surface area contributed by atoms with Gasteiger partial charge in [0.1, 0.15) is 11.4 Å². The molecule has 2 aromatic carbocycles. The van der Waals surface area contributed by atoms with Crippen LogP contribution >= 0.6 is 23.2 Å². The van der Waals surface area contributed by atoms with Crippen molar-refractivity contribution in [3.05, 3.63) is 104 Å². The second-order valence-corrected chi connectivity index (χ2v) is 7.93. The summed E-state index contributed by atoms with van der Waals surface area (Å²) in [5.41, 5.74) is 1.96. The third-order valence-corrected chi connectivity index (χ3v) is 5.92. The van der Waals surface area contributed by atoms with Crippen molar-refractivity contribution in [2.45, 2.75) is 13.0 Å². The maximum absolute atomic E-state index is 13.4. The number of carbonyl (C=O) groups excluding carboxylic acids is 1. The third kappa shape index (κ3) is 2.82. The largest absolute Gasteiger partial charge is 0.450 e. The molecule has 3 heterocycles. The highest BCUT2D eigenvalue weighted by Crippen LogP contribution is 2.41. The molecule has 30 heavy (non-hydrogen) atoms. The predicted molar refractivity (Wildman–Crippen MR) is 117 cm³/mol. The fraction of sp³-hybridized carbons (Fsp3) is 0.0870. The van der Waals surface area contributed by atoms with E-state index in [1.165, 1.54) is 4.90 Å². The lowest BCUT2D eigenvalue weighted by Gasteiger charge is -2.24. The standard InChI is InChI=1S/C23H14Cl2N2O3/c1-12-6-9-18(26-11-12)27-20(13-7-8-15(24)16(25)10-13)19-21(28)14-4-2-3-5-17(14)30-22(19)23(27)29/h2-11,20H,1H3. The van der Waals surface area contributed by atoms with E-state index in [1.54, 1.807) is 54.7 Å². The Morgan fingerprint density at radius 2 is 1.80 bits per heavy atom. The van der Waals surface area contributed by atoms with Crippen LogP contribution < -0.4 is 10.3 Å². The van der Waals surface area contributed by atoms with Gasteiger partial charge in [-0.1, -0.05) is 47.5 Å². The quantitative estimate of drug-likeness (QED) is 0.412. The number of pyridine rings is 1. The molecule has 1 amide bonds. The van der Waals surface area contributed by atoms with Crippen LogP contribution in [0.3, 0.4) is 0 Å². The molecule has 1 aliphatic rings. The van der Waals surface area contributed by atoms with Gasteiger partial charge in [-0.05, 0) is 48.4 Å². The summed E-state index contributed by atoms with van der Waals surface area (Å²) < 4.78 is 5.90. The number of fused-ring (bicyclic) bond motifs is 2. The van der Waals surface area contributed by atoms with E-state index in [2.05, 4.69) is 4.98 Å². The summed E-state index contributed by atoms with van der Waals surface area (Å²) in [6.07, 6.45) is 1.67. The van der Waals surface area contributed by atoms with Crippen molar-refractivity contribution >= 4 is 45.9 Å². The summed E-state index contributed by atoms with van der Waals surface area (Å²) in [6.45, 7) is 1.91. The molecule has 4 aromatic rings. The van der Waals surface area contributed by atoms with Gasteiger partial charge >= 0.3 is 0 Å². The first-order chi connectivity index (χ1) is 14.5. The van der Waals surface area contributed by atoms with Crippen molar-refractivity contribution in [1.29, 1.82) is 0 Å². The molecule has 0 N–H and O–H groups in total. The lowest BCUT2D eigenvalue weighted by atomic mass is 9.98. The van der Waals surface area contributed by atoms with Gasteiger partial charge in [0.25, 0.3) is 5.91 Å². The van der Waals surface area contributed by atoms with E-state index in [-0.39, 0.29) is 16.8 Å². The Balaban J connectivity index is 1.82. The molecule has 0 bridgehead atoms. The number of para-hydroxylation sites is 1. The van der Waals surface area contributed by atoms with E-state index in [9.17, 15) is 9.59 Å². The van der Waals surface area contributed by atoms with Crippen molar-refractivity contribution in [3.63, 3.8) is 0 Å². The highest BCUT2D eigenvalue weighted by Gasteiger charge is 2.44. The summed E-state index contributed by atoms with van der Waals surface area (Å²) in [7, 11) is 0. The fourth-order valence-corrected chi connectivity index (χ4v) is 4.06. The molecule has 1 atom stereocenters. The van der Waals surface area contributed by atoms with Crippen molar-refractivity contribution in [2.24, 2.45) is 0 Å². The monoisotopic (exact) mass is 436 g/mol. The van der Waals surface area contributed by atoms with Gasteiger partial charge in [-0.25, -0.2) is 4.98 Å². The number of halogens is 2. The number of anilines is 1. The molecule has 2 aromatic heterocycles. The molecule has 0 saturated heterocycles. The second-order valence-electron chi connectivity index (χ2n) is 7.12. The normalized spacial score (nSPS) is 15.6. The number of nitrogens with zero attached hydrogens (tertiary/aromatic N) is 2. The number of hydrogen-bond donors (Lipinski definition) is 0. The van der Waals surface area contributed by atoms with Gasteiger partial charge < -0.3 is 4.42 Å². The predicted octanol–water partition coefficient (Wildman–Crippen LogP) is 5.55. The first-order valence-electron chi connectivity index (χ1n) is 9.22. The molecule has 0 saturated carbocycles. The van der Waals surface area contributed by atoms with Crippen LogP contribution in [-0.4, -0.2) is 10.9 Å². The van der Waals surface area contributed by atoms with Crippen molar-refractivity contribution < 1.29 is 9.21 Å². The molecule has 0 spiro atoms. The van der Waals surface area contributed by atoms with Crippen LogP contribution in [0.2, 0.25) is 10.0 Å². The lowest BCUT2D eigenvalue weighted by molar-refractivity contribution is 0.0970. The van der Waals surface area contributed by atoms with E-state index in [4.69, 9.17) is 27.6 Å². The van der Waals surface area contributed by atoms with Gasteiger partial charge in [-0.15, -0.1) is 0 Å². The highest BCUT2D eigenvalue weighted by atomic mass is 35.5. The van der Waals surface area contributed by atoms with E-state index < -0.39 is 11.9 Å². The maximum atomic E-state index is 13.4. The molecule has 0 fully saturated rings. The number of amides is 1. The topological polar surface area (TPSA) is 63.4 Å². The third-order valence-electron chi connectivity index (χ3n) is 5.18. The van der Waals surface area contributed by atoms with Gasteiger partial charge in [0, 0.05) is 6.20 Å². The van der Waals surface area contributed by atoms with E-state index in [0.29, 0.717) is 32.4 Å². The van der Waals surface area contributed by atoms with Crippen LogP contribution in [0, 0.1) is 6.92 Å². The minimum atomic E-state index is -0.738. The molecular formula is C23H14Cl2N2O3. The first-order valence-corrected chi connectivity index (χ1v) is 9.98. The molecule has 5 nitrogen and oxygen atoms in total. The molecule has 7 heteroatoms. The van der Waals surface area contributed by atoms with Gasteiger partial charge in [0.2, 0.25) is 5.76 Å². The zero-order valence-electron chi connectivity index (χ0n) is 15.7. The Bertz CT molecular complexity index is 1380. The number of aromatic nitrogens is 1. The molecule has 0 aliphatic carbocycles. The Morgan fingerprint density at radius 1 is 1.00 bits per heavy atom. The zero-order chi connectivity index (χ0) is 21.0. The van der Waals surface area contributed by atoms with E-state index in [0.717, 1.165) is 5.56 Å². The summed E-state index contributed by atoms with van der Waals surface area (Å²) in [5.74, 6) is -0.00560. The fourth-order valence-electron chi connectivity index (χ4n) is 3.76. The summed E-state index contributed by atoms with van der Waals surface area (Å²) in [5, 5.41) is 1.13. The molecular weight excluding hydrogens is 423 g/mol. The SMILES string of the molecule is Cc1ccc(N2C(=O)c3oc4ccccc4c(=O)c3C2c2ccc(Cl)c(Cl)c2)nc1. The first kappa shape index (κ1) is 18.9. The Morgan fingerprint density at radius 3 is 2.53 bits per heavy atom. The summed E-state index contributed by atoms with van der Waals surface area (Å²) in [6, 6.07) is 14.8. The average molecular weight is 437 g/mol. The molecule has 0 radical (unpaired) electrons. The van der Waals surface area contributed by atoms with Crippen LogP contribution in [0.4, 0.5) is 5.82 Å². The van der Waals surface area contributed by atoms with Crippen LogP contribution in [0.25, 0.3) is 11.0 Å². The zero-order valence-corrected chi connectivity index (χ0v) is 17.2. The van der Waals surface area contributed by atoms with Gasteiger partial charge in [-0.2, -0.15) is 0 Å². The summed E-state index contributed by atoms with van der Waals surface area (Å²) >= 11 is 12.3. The smallest absolute Gasteiger partial charge is 0.296 e. The van der Waals surface area contributed by atoms with Crippen LogP contribution in [0.15, 0.2) is 70.0 Å². The van der Waals surface area contributed by atoms with Crippen LogP contribution in [-0.2, 0) is 0 Å². The van der Waals surface area contributed by atoms with Crippen molar-refractivity contribution in [2.75, 3.05) is 4.90 Å². The Hall–Kier alpha value is -3.15. The van der Waals surface area contributed by atoms with Crippen molar-refractivity contribution in [1.82, 2.24) is 4.98 Å². The molecule has 148 valence electrons. The minimum Gasteiger partial charge on any atom is -0.450 e. The van der Waals surface area contributed by atoms with Crippen LogP contribution in [0.5, 0.6) is 0 Å². The lowest BCUT2D eigenvalue weighted by Crippen LogP contribution is -2.30. The second kappa shape index (κ2) is 6.97. The number of carbonyl (C=O) groups is 1. The van der Waals surface area contributed by atoms with Gasteiger partial charge in [0.05, 0.1) is 27.0 Å². The number of benzene rings is 2. The van der Waals surface area contributed by atoms with E-state index >= 15 is 0 Å². The minimum absolute atomic E-state index is 0.0112. The number of hydrogen-bond acceptors (Lipinski definition) is 4. The molecule has 1 unspecified atom stereocenters. The average Bonchev–Trinajstić information content (AvgIpc) is 3.04. The van der Waals surface area contributed by atoms with E-state index in [1.807, 2.05) is 13.0 Å². The Kier molecular flexibility index (Phi) is 4.38. The molecule has 5 rings (SSSR count). The van der Waals surface area contributed by atoms with Crippen LogP contribution in [0.1, 0.15) is 33.3 Å². The number of rotatable bonds is 2. The molecule has 1 aliphatic heterocycles. The Labute approximate surface area is 181 Å². The maximum Gasteiger partial charge on any atom is 0.296 e. The number of aryl methyl sites for hydroxylation is 1. The van der Waals surface area contributed by atoms with Gasteiger partial charge in [0.15, 0.2) is 5.43 Å².